The van der Waals surface area contributed by atoms with Gasteiger partial charge in [0.05, 0.1) is 19.7 Å². The van der Waals surface area contributed by atoms with Crippen molar-refractivity contribution in [3.63, 3.8) is 0 Å². The Balaban J connectivity index is 1.59. The van der Waals surface area contributed by atoms with Crippen molar-refractivity contribution in [3.05, 3.63) is 46.2 Å². The van der Waals surface area contributed by atoms with Crippen LogP contribution in [0.4, 0.5) is 0 Å². The molecule has 32 heavy (non-hydrogen) atoms. The van der Waals surface area contributed by atoms with E-state index in [1.165, 1.54) is 0 Å². The third-order valence-electron chi connectivity index (χ3n) is 5.95. The van der Waals surface area contributed by atoms with Crippen LogP contribution in [0.2, 0.25) is 0 Å². The third-order valence-corrected chi connectivity index (χ3v) is 6.80. The van der Waals surface area contributed by atoms with E-state index in [0.29, 0.717) is 24.7 Å². The summed E-state index contributed by atoms with van der Waals surface area (Å²) in [6.45, 7) is 4.15. The van der Waals surface area contributed by atoms with E-state index in [1.807, 2.05) is 42.6 Å². The Morgan fingerprint density at radius 3 is 2.62 bits per heavy atom. The maximum absolute atomic E-state index is 12.8. The summed E-state index contributed by atoms with van der Waals surface area (Å²) in [7, 11) is 1.64. The van der Waals surface area contributed by atoms with Crippen LogP contribution in [0, 0.1) is 11.3 Å². The minimum Gasteiger partial charge on any atom is -0.493 e. The van der Waals surface area contributed by atoms with Crippen LogP contribution in [-0.2, 0) is 17.9 Å². The molecule has 6 nitrogen and oxygen atoms in total. The maximum atomic E-state index is 12.8. The number of likely N-dealkylation sites (N-methyl/N-ethyl adjacent to an activating group) is 1. The zero-order chi connectivity index (χ0) is 22.8. The molecule has 0 unspecified atom stereocenters. The second-order valence-electron chi connectivity index (χ2n) is 8.31. The van der Waals surface area contributed by atoms with Crippen molar-refractivity contribution in [1.82, 2.24) is 10.2 Å². The molecule has 3 rings (SSSR count). The highest BCUT2D eigenvalue weighted by atomic mass is 32.1. The Labute approximate surface area is 195 Å². The van der Waals surface area contributed by atoms with E-state index < -0.39 is 5.54 Å². The van der Waals surface area contributed by atoms with Crippen molar-refractivity contribution in [2.24, 2.45) is 0 Å². The summed E-state index contributed by atoms with van der Waals surface area (Å²) < 4.78 is 11.5. The van der Waals surface area contributed by atoms with Gasteiger partial charge in [-0.3, -0.25) is 9.69 Å². The lowest BCUT2D eigenvalue weighted by Crippen LogP contribution is -2.50. The zero-order valence-corrected chi connectivity index (χ0v) is 19.9. The van der Waals surface area contributed by atoms with Crippen molar-refractivity contribution >= 4 is 17.2 Å². The minimum absolute atomic E-state index is 0.0850. The molecule has 1 aromatic carbocycles. The lowest BCUT2D eigenvalue weighted by atomic mass is 9.92. The second-order valence-corrected chi connectivity index (χ2v) is 9.35. The van der Waals surface area contributed by atoms with Gasteiger partial charge < -0.3 is 14.8 Å². The Morgan fingerprint density at radius 1 is 1.22 bits per heavy atom. The average Bonchev–Trinajstić information content (AvgIpc) is 3.22. The number of amides is 1. The molecular formula is C25H33N3O3S. The van der Waals surface area contributed by atoms with Gasteiger partial charge in [-0.1, -0.05) is 44.7 Å². The van der Waals surface area contributed by atoms with E-state index in [2.05, 4.69) is 16.3 Å². The maximum Gasteiger partial charge on any atom is 0.235 e. The first kappa shape index (κ1) is 24.1. The third kappa shape index (κ3) is 6.72. The van der Waals surface area contributed by atoms with Gasteiger partial charge in [-0.05, 0) is 48.5 Å². The van der Waals surface area contributed by atoms with Gasteiger partial charge in [0.25, 0.3) is 0 Å². The number of hydrogen-bond acceptors (Lipinski definition) is 6. The van der Waals surface area contributed by atoms with Crippen LogP contribution in [0.15, 0.2) is 35.7 Å². The normalized spacial score (nSPS) is 15.6. The summed E-state index contributed by atoms with van der Waals surface area (Å²) in [5, 5.41) is 14.8. The zero-order valence-electron chi connectivity index (χ0n) is 19.1. The van der Waals surface area contributed by atoms with Crippen LogP contribution in [0.25, 0.3) is 0 Å². The number of hydrogen-bond donors (Lipinski definition) is 1. The number of ether oxygens (including phenoxy) is 2. The Kier molecular flexibility index (Phi) is 8.95. The molecule has 0 aliphatic heterocycles. The Hall–Kier alpha value is -2.56. The van der Waals surface area contributed by atoms with E-state index in [9.17, 15) is 10.1 Å². The Bertz CT molecular complexity index is 900. The predicted molar refractivity (Wildman–Crippen MR) is 127 cm³/mol. The summed E-state index contributed by atoms with van der Waals surface area (Å²) in [4.78, 5) is 16.0. The quantitative estimate of drug-likeness (QED) is 0.516. The van der Waals surface area contributed by atoms with Gasteiger partial charge in [-0.15, -0.1) is 11.3 Å². The second kappa shape index (κ2) is 11.9. The fraction of sp³-hybridized carbons (Fsp3) is 0.520. The van der Waals surface area contributed by atoms with Crippen LogP contribution in [0.5, 0.6) is 11.5 Å². The minimum atomic E-state index is -0.711. The molecule has 1 amide bonds. The first-order chi connectivity index (χ1) is 15.6. The van der Waals surface area contributed by atoms with Crippen LogP contribution in [-0.4, -0.2) is 36.5 Å². The Morgan fingerprint density at radius 2 is 2.00 bits per heavy atom. The molecule has 1 heterocycles. The predicted octanol–water partition coefficient (Wildman–Crippen LogP) is 4.89. The van der Waals surface area contributed by atoms with Crippen molar-refractivity contribution < 1.29 is 14.3 Å². The number of rotatable bonds is 10. The number of nitrogens with one attached hydrogen (secondary N) is 1. The van der Waals surface area contributed by atoms with Crippen molar-refractivity contribution in [3.8, 4) is 17.6 Å². The monoisotopic (exact) mass is 455 g/mol. The largest absolute Gasteiger partial charge is 0.493 e. The molecule has 7 heteroatoms. The first-order valence-electron chi connectivity index (χ1n) is 11.3. The molecule has 1 saturated carbocycles. The molecule has 0 spiro atoms. The van der Waals surface area contributed by atoms with Crippen LogP contribution in [0.3, 0.4) is 0 Å². The lowest BCUT2D eigenvalue weighted by Gasteiger charge is -2.28. The van der Waals surface area contributed by atoms with Crippen LogP contribution >= 0.6 is 11.3 Å². The van der Waals surface area contributed by atoms with Gasteiger partial charge in [0.15, 0.2) is 11.5 Å². The highest BCUT2D eigenvalue weighted by Crippen LogP contribution is 2.30. The molecule has 0 saturated heterocycles. The van der Waals surface area contributed by atoms with E-state index >= 15 is 0 Å². The number of thiophene rings is 1. The van der Waals surface area contributed by atoms with Crippen molar-refractivity contribution in [2.75, 3.05) is 20.2 Å². The van der Waals surface area contributed by atoms with Gasteiger partial charge in [-0.25, -0.2) is 0 Å². The number of nitrogens with zero attached hydrogens (tertiary/aromatic N) is 2. The van der Waals surface area contributed by atoms with E-state index in [0.717, 1.165) is 55.5 Å². The molecule has 2 aromatic rings. The molecule has 0 bridgehead atoms. The van der Waals surface area contributed by atoms with Crippen molar-refractivity contribution in [1.29, 1.82) is 5.26 Å². The van der Waals surface area contributed by atoms with Gasteiger partial charge >= 0.3 is 0 Å². The number of benzene rings is 1. The fourth-order valence-corrected chi connectivity index (χ4v) is 4.73. The number of nitriles is 1. The van der Waals surface area contributed by atoms with Gasteiger partial charge in [0.2, 0.25) is 5.91 Å². The SMILES string of the molecule is CCN(CC(=O)NC1(C#N)CCCCCC1)Cc1ccc(OCc2cccs2)c(OC)c1. The van der Waals surface area contributed by atoms with E-state index in [-0.39, 0.29) is 12.5 Å². The first-order valence-corrected chi connectivity index (χ1v) is 12.2. The van der Waals surface area contributed by atoms with E-state index in [1.54, 1.807) is 18.4 Å². The molecule has 0 atom stereocenters. The molecular weight excluding hydrogens is 422 g/mol. The van der Waals surface area contributed by atoms with Crippen LogP contribution in [0.1, 0.15) is 55.9 Å². The topological polar surface area (TPSA) is 74.6 Å². The highest BCUT2D eigenvalue weighted by molar-refractivity contribution is 7.09. The van der Waals surface area contributed by atoms with E-state index in [4.69, 9.17) is 9.47 Å². The summed E-state index contributed by atoms with van der Waals surface area (Å²) in [6, 6.07) is 12.3. The molecule has 1 aromatic heterocycles. The van der Waals surface area contributed by atoms with Crippen LogP contribution < -0.4 is 14.8 Å². The lowest BCUT2D eigenvalue weighted by molar-refractivity contribution is -0.123. The standard InChI is InChI=1S/C25H33N3O3S/c1-3-28(17-24(29)27-25(19-26)12-6-4-5-7-13-25)16-20-10-11-22(23(15-20)30-2)31-18-21-9-8-14-32-21/h8-11,14-15H,3-7,12-13,16-18H2,1-2H3,(H,27,29). The molecule has 0 radical (unpaired) electrons. The molecule has 1 N–H and O–H groups in total. The van der Waals surface area contributed by atoms with Crippen molar-refractivity contribution in [2.45, 2.75) is 64.1 Å². The highest BCUT2D eigenvalue weighted by Gasteiger charge is 2.32. The van der Waals surface area contributed by atoms with Gasteiger partial charge in [0.1, 0.15) is 12.1 Å². The molecule has 1 aliphatic carbocycles. The number of carbonyl (C=O) groups is 1. The fourth-order valence-electron chi connectivity index (χ4n) is 4.12. The average molecular weight is 456 g/mol. The summed E-state index contributed by atoms with van der Waals surface area (Å²) >= 11 is 1.66. The molecule has 1 aliphatic rings. The smallest absolute Gasteiger partial charge is 0.235 e. The molecule has 172 valence electrons. The van der Waals surface area contributed by atoms with Gasteiger partial charge in [-0.2, -0.15) is 5.26 Å². The summed E-state index contributed by atoms with van der Waals surface area (Å²) in [6.07, 6.45) is 5.74. The summed E-state index contributed by atoms with van der Waals surface area (Å²) in [5.41, 5.74) is 0.335. The number of methoxy groups -OCH3 is 1. The number of carbonyl (C=O) groups excluding carboxylic acids is 1. The van der Waals surface area contributed by atoms with Gasteiger partial charge in [0, 0.05) is 11.4 Å². The molecule has 1 fully saturated rings. The summed E-state index contributed by atoms with van der Waals surface area (Å²) in [5.74, 6) is 1.30.